The Morgan fingerprint density at radius 1 is 0.667 bits per heavy atom. The van der Waals surface area contributed by atoms with Gasteiger partial charge in [0.25, 0.3) is 0 Å². The van der Waals surface area contributed by atoms with E-state index in [9.17, 15) is 0 Å². The van der Waals surface area contributed by atoms with Crippen LogP contribution in [-0.2, 0) is 18.4 Å². The Kier molecular flexibility index (Phi) is 14.5. The Morgan fingerprint density at radius 2 is 1.21 bits per heavy atom. The van der Waals surface area contributed by atoms with Crippen LogP contribution in [0.1, 0.15) is 140 Å². The second kappa shape index (κ2) is 18.1. The van der Waals surface area contributed by atoms with Crippen LogP contribution in [0.2, 0.25) is 0 Å². The average Bonchev–Trinajstić information content (AvgIpc) is 3.43. The van der Waals surface area contributed by atoms with Gasteiger partial charge in [0.15, 0.2) is 0 Å². The van der Waals surface area contributed by atoms with Crippen molar-refractivity contribution in [1.82, 2.24) is 9.55 Å². The third kappa shape index (κ3) is 10.3. The van der Waals surface area contributed by atoms with Crippen molar-refractivity contribution in [1.29, 1.82) is 0 Å². The topological polar surface area (TPSA) is 17.8 Å². The Labute approximate surface area is 240 Å². The Morgan fingerprint density at radius 3 is 1.82 bits per heavy atom. The van der Waals surface area contributed by atoms with Crippen LogP contribution in [0.4, 0.5) is 0 Å². The second-order valence-corrected chi connectivity index (χ2v) is 12.0. The molecule has 0 aliphatic heterocycles. The molecule has 1 heterocycles. The Hall–Kier alpha value is -2.35. The molecule has 0 saturated heterocycles. The first-order valence-electron chi connectivity index (χ1n) is 16.3. The molecule has 0 saturated carbocycles. The molecule has 0 aliphatic rings. The molecule has 0 spiro atoms. The summed E-state index contributed by atoms with van der Waals surface area (Å²) in [5.41, 5.74) is 2.83. The van der Waals surface area contributed by atoms with Crippen LogP contribution in [0, 0.1) is 0 Å². The van der Waals surface area contributed by atoms with Gasteiger partial charge in [0.1, 0.15) is 5.82 Å². The molecule has 0 fully saturated rings. The van der Waals surface area contributed by atoms with Crippen molar-refractivity contribution in [3.63, 3.8) is 0 Å². The van der Waals surface area contributed by atoms with Gasteiger partial charge in [-0.15, -0.1) is 0 Å². The lowest BCUT2D eigenvalue weighted by molar-refractivity contribution is 0.321. The minimum Gasteiger partial charge on any atom is -0.335 e. The van der Waals surface area contributed by atoms with Gasteiger partial charge in [-0.05, 0) is 30.4 Å². The van der Waals surface area contributed by atoms with E-state index < -0.39 is 0 Å². The van der Waals surface area contributed by atoms with E-state index >= 15 is 0 Å². The van der Waals surface area contributed by atoms with E-state index in [1.54, 1.807) is 0 Å². The molecule has 0 bridgehead atoms. The molecular formula is C37H56N2. The second-order valence-electron chi connectivity index (χ2n) is 12.0. The molecule has 3 rings (SSSR count). The number of benzene rings is 2. The summed E-state index contributed by atoms with van der Waals surface area (Å²) in [5, 5.41) is 0. The minimum atomic E-state index is -0.0194. The van der Waals surface area contributed by atoms with Crippen LogP contribution in [0.3, 0.4) is 0 Å². The third-order valence-electron chi connectivity index (χ3n) is 8.77. The lowest BCUT2D eigenvalue weighted by atomic mass is 9.66. The molecule has 2 atom stereocenters. The van der Waals surface area contributed by atoms with Crippen LogP contribution in [0.15, 0.2) is 73.1 Å². The summed E-state index contributed by atoms with van der Waals surface area (Å²) in [6.07, 6.45) is 25.4. The monoisotopic (exact) mass is 528 g/mol. The van der Waals surface area contributed by atoms with Crippen LogP contribution >= 0.6 is 0 Å². The molecule has 0 amide bonds. The summed E-state index contributed by atoms with van der Waals surface area (Å²) in [5.74, 6) is 1.68. The molecule has 2 heteroatoms. The highest BCUT2D eigenvalue weighted by atomic mass is 15.1. The number of aromatic nitrogens is 2. The molecule has 0 N–H and O–H groups in total. The maximum atomic E-state index is 5.08. The number of imidazole rings is 1. The van der Waals surface area contributed by atoms with Gasteiger partial charge >= 0.3 is 0 Å². The van der Waals surface area contributed by atoms with E-state index in [0.29, 0.717) is 5.92 Å². The highest BCUT2D eigenvalue weighted by Gasteiger charge is 2.39. The quantitative estimate of drug-likeness (QED) is 0.126. The average molecular weight is 529 g/mol. The van der Waals surface area contributed by atoms with E-state index in [1.165, 1.54) is 113 Å². The van der Waals surface area contributed by atoms with Crippen LogP contribution in [0.25, 0.3) is 0 Å². The predicted molar refractivity (Wildman–Crippen MR) is 170 cm³/mol. The first-order chi connectivity index (χ1) is 19.2. The zero-order chi connectivity index (χ0) is 27.6. The first kappa shape index (κ1) is 31.2. The summed E-state index contributed by atoms with van der Waals surface area (Å²) < 4.78 is 2.49. The van der Waals surface area contributed by atoms with E-state index in [2.05, 4.69) is 98.4 Å². The molecule has 0 aliphatic carbocycles. The van der Waals surface area contributed by atoms with Crippen LogP contribution < -0.4 is 0 Å². The molecule has 2 aromatic carbocycles. The van der Waals surface area contributed by atoms with Gasteiger partial charge in [0, 0.05) is 30.3 Å². The molecule has 0 radical (unpaired) electrons. The maximum absolute atomic E-state index is 5.08. The zero-order valence-corrected chi connectivity index (χ0v) is 25.4. The van der Waals surface area contributed by atoms with Gasteiger partial charge in [0.05, 0.1) is 0 Å². The highest BCUT2D eigenvalue weighted by molar-refractivity contribution is 5.33. The molecule has 2 unspecified atom stereocenters. The number of nitrogens with zero attached hydrogens (tertiary/aromatic N) is 2. The van der Waals surface area contributed by atoms with Crippen LogP contribution in [-0.4, -0.2) is 9.55 Å². The molecular weight excluding hydrogens is 472 g/mol. The third-order valence-corrected chi connectivity index (χ3v) is 8.77. The zero-order valence-electron chi connectivity index (χ0n) is 25.4. The summed E-state index contributed by atoms with van der Waals surface area (Å²) in [6.45, 7) is 8.18. The lowest BCUT2D eigenvalue weighted by Crippen LogP contribution is -2.35. The van der Waals surface area contributed by atoms with Crippen molar-refractivity contribution in [2.75, 3.05) is 0 Å². The predicted octanol–water partition coefficient (Wildman–Crippen LogP) is 11.1. The van der Waals surface area contributed by atoms with Gasteiger partial charge in [-0.3, -0.25) is 0 Å². The molecule has 1 aromatic heterocycles. The van der Waals surface area contributed by atoms with Crippen molar-refractivity contribution in [2.45, 2.75) is 141 Å². The minimum absolute atomic E-state index is 0.0194. The summed E-state index contributed by atoms with van der Waals surface area (Å²) in [6, 6.07) is 22.4. The fourth-order valence-corrected chi connectivity index (χ4v) is 6.36. The summed E-state index contributed by atoms with van der Waals surface area (Å²) >= 11 is 0. The van der Waals surface area contributed by atoms with E-state index in [1.807, 2.05) is 0 Å². The highest BCUT2D eigenvalue weighted by Crippen LogP contribution is 2.44. The van der Waals surface area contributed by atoms with Gasteiger partial charge < -0.3 is 4.57 Å². The summed E-state index contributed by atoms with van der Waals surface area (Å²) in [4.78, 5) is 5.08. The summed E-state index contributed by atoms with van der Waals surface area (Å²) in [7, 11) is 0. The van der Waals surface area contributed by atoms with Crippen molar-refractivity contribution in [3.8, 4) is 0 Å². The smallest absolute Gasteiger partial charge is 0.112 e. The Balaban J connectivity index is 1.76. The SMILES string of the molecule is CCCCCCCCCCCCC(c1nccn1CCCCCC)C(C)(Cc1ccccc1)c1ccccc1. The number of aryl methyl sites for hydroxylation is 1. The van der Waals surface area contributed by atoms with Gasteiger partial charge in [-0.1, -0.05) is 165 Å². The van der Waals surface area contributed by atoms with Crippen molar-refractivity contribution >= 4 is 0 Å². The van der Waals surface area contributed by atoms with E-state index in [0.717, 1.165) is 13.0 Å². The number of unbranched alkanes of at least 4 members (excludes halogenated alkanes) is 12. The fraction of sp³-hybridized carbons (Fsp3) is 0.595. The lowest BCUT2D eigenvalue weighted by Gasteiger charge is -2.39. The maximum Gasteiger partial charge on any atom is 0.112 e. The fourth-order valence-electron chi connectivity index (χ4n) is 6.36. The van der Waals surface area contributed by atoms with Crippen LogP contribution in [0.5, 0.6) is 0 Å². The van der Waals surface area contributed by atoms with Gasteiger partial charge in [0.2, 0.25) is 0 Å². The molecule has 39 heavy (non-hydrogen) atoms. The number of hydrogen-bond acceptors (Lipinski definition) is 1. The largest absolute Gasteiger partial charge is 0.335 e. The standard InChI is InChI=1S/C37H56N2/c1-4-6-8-10-11-12-13-14-15-22-28-35(36-38-29-31-39(36)30-23-9-7-5-2)37(3,34-26-20-17-21-27-34)32-33-24-18-16-19-25-33/h16-21,24-27,29,31,35H,4-15,22-23,28,30,32H2,1-3H3. The first-order valence-corrected chi connectivity index (χ1v) is 16.3. The van der Waals surface area contributed by atoms with Gasteiger partial charge in [-0.25, -0.2) is 4.98 Å². The van der Waals surface area contributed by atoms with E-state index in [4.69, 9.17) is 4.98 Å². The Bertz CT molecular complexity index is 993. The molecule has 2 nitrogen and oxygen atoms in total. The molecule has 3 aromatic rings. The van der Waals surface area contributed by atoms with Crippen molar-refractivity contribution in [3.05, 3.63) is 90.0 Å². The van der Waals surface area contributed by atoms with E-state index in [-0.39, 0.29) is 5.41 Å². The normalized spacial score (nSPS) is 13.8. The molecule has 214 valence electrons. The van der Waals surface area contributed by atoms with Gasteiger partial charge in [-0.2, -0.15) is 0 Å². The number of rotatable bonds is 21. The van der Waals surface area contributed by atoms with Crippen molar-refractivity contribution in [2.24, 2.45) is 0 Å². The number of hydrogen-bond donors (Lipinski definition) is 0. The van der Waals surface area contributed by atoms with Crippen molar-refractivity contribution < 1.29 is 0 Å².